The van der Waals surface area contributed by atoms with Gasteiger partial charge in [0.15, 0.2) is 0 Å². The normalized spacial score (nSPS) is 12.8. The molecule has 5 heteroatoms. The van der Waals surface area contributed by atoms with Crippen LogP contribution in [0.4, 0.5) is 5.69 Å². The number of rotatable bonds is 3. The van der Waals surface area contributed by atoms with Gasteiger partial charge in [0.1, 0.15) is 0 Å². The monoisotopic (exact) mass is 260 g/mol. The van der Waals surface area contributed by atoms with Crippen LogP contribution >= 0.6 is 15.9 Å². The van der Waals surface area contributed by atoms with Crippen molar-refractivity contribution in [1.29, 1.82) is 0 Å². The van der Waals surface area contributed by atoms with Crippen molar-refractivity contribution in [3.8, 4) is 0 Å². The summed E-state index contributed by atoms with van der Waals surface area (Å²) in [5, 5.41) is 0. The Kier molecular flexibility index (Phi) is 3.71. The molecule has 1 unspecified atom stereocenters. The Hall–Kier alpha value is -0.810. The molecule has 0 spiro atoms. The van der Waals surface area contributed by atoms with Crippen LogP contribution in [0.1, 0.15) is 6.92 Å². The summed E-state index contributed by atoms with van der Waals surface area (Å²) in [5.41, 5.74) is 6.08. The molecule has 1 atom stereocenters. The van der Waals surface area contributed by atoms with Crippen molar-refractivity contribution < 1.29 is 4.74 Å². The number of hydrogen-bond donors (Lipinski definition) is 1. The number of nitrogen functional groups attached to an aromatic ring is 1. The molecule has 0 aliphatic heterocycles. The minimum atomic E-state index is -0.0944. The quantitative estimate of drug-likeness (QED) is 0.890. The zero-order valence-corrected chi connectivity index (χ0v) is 9.74. The predicted octanol–water partition coefficient (Wildman–Crippen LogP) is 1.23. The number of aromatic nitrogens is 1. The first-order chi connectivity index (χ1) is 6.54. The van der Waals surface area contributed by atoms with E-state index in [1.54, 1.807) is 19.4 Å². The second-order valence-electron chi connectivity index (χ2n) is 3.13. The van der Waals surface area contributed by atoms with Gasteiger partial charge in [-0.15, -0.1) is 0 Å². The number of nitrogens with zero attached hydrogens (tertiary/aromatic N) is 1. The van der Waals surface area contributed by atoms with Gasteiger partial charge in [-0.3, -0.25) is 4.79 Å². The maximum absolute atomic E-state index is 11.6. The van der Waals surface area contributed by atoms with Crippen LogP contribution < -0.4 is 11.3 Å². The molecule has 0 fully saturated rings. The van der Waals surface area contributed by atoms with E-state index in [9.17, 15) is 4.79 Å². The minimum Gasteiger partial charge on any atom is -0.398 e. The Bertz CT molecular complexity index is 376. The lowest BCUT2D eigenvalue weighted by Gasteiger charge is -2.12. The summed E-state index contributed by atoms with van der Waals surface area (Å²) in [6.07, 6.45) is 1.60. The molecule has 0 bridgehead atoms. The highest BCUT2D eigenvalue weighted by Gasteiger charge is 2.06. The van der Waals surface area contributed by atoms with E-state index in [-0.39, 0.29) is 11.7 Å². The van der Waals surface area contributed by atoms with Crippen molar-refractivity contribution >= 4 is 21.6 Å². The van der Waals surface area contributed by atoms with Crippen molar-refractivity contribution in [3.63, 3.8) is 0 Å². The third-order valence-electron chi connectivity index (χ3n) is 1.92. The smallest absolute Gasteiger partial charge is 0.265 e. The van der Waals surface area contributed by atoms with Crippen molar-refractivity contribution in [3.05, 3.63) is 27.1 Å². The van der Waals surface area contributed by atoms with E-state index in [1.807, 2.05) is 6.92 Å². The van der Waals surface area contributed by atoms with E-state index >= 15 is 0 Å². The van der Waals surface area contributed by atoms with Crippen LogP contribution in [0.15, 0.2) is 21.5 Å². The van der Waals surface area contributed by atoms with Crippen molar-refractivity contribution in [2.75, 3.05) is 12.8 Å². The van der Waals surface area contributed by atoms with Gasteiger partial charge in [-0.05, 0) is 28.9 Å². The van der Waals surface area contributed by atoms with Gasteiger partial charge in [0, 0.05) is 19.0 Å². The Balaban J connectivity index is 3.02. The van der Waals surface area contributed by atoms with E-state index in [0.29, 0.717) is 16.7 Å². The standard InChI is InChI=1S/C9H13BrN2O2/c1-6(14-2)4-12-5-7(11)3-8(10)9(12)13/h3,5-6H,4,11H2,1-2H3. The Morgan fingerprint density at radius 3 is 2.93 bits per heavy atom. The summed E-state index contributed by atoms with van der Waals surface area (Å²) < 4.78 is 7.08. The number of ether oxygens (including phenoxy) is 1. The Morgan fingerprint density at radius 1 is 1.71 bits per heavy atom. The molecule has 14 heavy (non-hydrogen) atoms. The number of nitrogens with two attached hydrogens (primary N) is 1. The highest BCUT2D eigenvalue weighted by molar-refractivity contribution is 9.10. The lowest BCUT2D eigenvalue weighted by molar-refractivity contribution is 0.102. The van der Waals surface area contributed by atoms with Gasteiger partial charge < -0.3 is 15.0 Å². The van der Waals surface area contributed by atoms with E-state index < -0.39 is 0 Å². The number of hydrogen-bond acceptors (Lipinski definition) is 3. The molecule has 4 nitrogen and oxygen atoms in total. The van der Waals surface area contributed by atoms with E-state index in [4.69, 9.17) is 10.5 Å². The summed E-state index contributed by atoms with van der Waals surface area (Å²) in [4.78, 5) is 11.6. The molecule has 0 radical (unpaired) electrons. The predicted molar refractivity (Wildman–Crippen MR) is 59.3 cm³/mol. The van der Waals surface area contributed by atoms with Crippen molar-refractivity contribution in [1.82, 2.24) is 4.57 Å². The molecule has 0 amide bonds. The van der Waals surface area contributed by atoms with Crippen LogP contribution in [0.2, 0.25) is 0 Å². The summed E-state index contributed by atoms with van der Waals surface area (Å²) in [7, 11) is 1.61. The second kappa shape index (κ2) is 4.61. The van der Waals surface area contributed by atoms with Crippen LogP contribution in [0.25, 0.3) is 0 Å². The molecule has 1 aromatic rings. The van der Waals surface area contributed by atoms with Crippen LogP contribution in [-0.4, -0.2) is 17.8 Å². The average molecular weight is 261 g/mol. The van der Waals surface area contributed by atoms with Crippen LogP contribution in [0, 0.1) is 0 Å². The van der Waals surface area contributed by atoms with E-state index in [1.165, 1.54) is 4.57 Å². The van der Waals surface area contributed by atoms with Crippen LogP contribution in [-0.2, 0) is 11.3 Å². The number of pyridine rings is 1. The van der Waals surface area contributed by atoms with Gasteiger partial charge in [-0.2, -0.15) is 0 Å². The number of methoxy groups -OCH3 is 1. The van der Waals surface area contributed by atoms with Gasteiger partial charge in [0.25, 0.3) is 5.56 Å². The molecule has 0 aromatic carbocycles. The molecule has 0 aliphatic rings. The first kappa shape index (κ1) is 11.3. The van der Waals surface area contributed by atoms with Crippen LogP contribution in [0.5, 0.6) is 0 Å². The SMILES string of the molecule is COC(C)Cn1cc(N)cc(Br)c1=O. The van der Waals surface area contributed by atoms with Crippen molar-refractivity contribution in [2.45, 2.75) is 19.6 Å². The van der Waals surface area contributed by atoms with Gasteiger partial charge in [0.05, 0.1) is 17.1 Å². The maximum Gasteiger partial charge on any atom is 0.265 e. The molecular formula is C9H13BrN2O2. The Labute approximate surface area is 90.8 Å². The van der Waals surface area contributed by atoms with E-state index in [0.717, 1.165) is 0 Å². The maximum atomic E-state index is 11.6. The zero-order chi connectivity index (χ0) is 10.7. The van der Waals surface area contributed by atoms with Gasteiger partial charge >= 0.3 is 0 Å². The van der Waals surface area contributed by atoms with Gasteiger partial charge in [-0.1, -0.05) is 0 Å². The summed E-state index contributed by atoms with van der Waals surface area (Å²) in [6, 6.07) is 1.59. The van der Waals surface area contributed by atoms with E-state index in [2.05, 4.69) is 15.9 Å². The molecule has 0 saturated heterocycles. The fourth-order valence-corrected chi connectivity index (χ4v) is 1.60. The molecule has 2 N–H and O–H groups in total. The molecule has 1 aromatic heterocycles. The average Bonchev–Trinajstić information content (AvgIpc) is 2.13. The minimum absolute atomic E-state index is 0.0126. The summed E-state index contributed by atoms with van der Waals surface area (Å²) in [5.74, 6) is 0. The summed E-state index contributed by atoms with van der Waals surface area (Å²) >= 11 is 3.15. The topological polar surface area (TPSA) is 57.2 Å². The highest BCUT2D eigenvalue weighted by atomic mass is 79.9. The third kappa shape index (κ3) is 2.59. The van der Waals surface area contributed by atoms with Gasteiger partial charge in [-0.25, -0.2) is 0 Å². The largest absolute Gasteiger partial charge is 0.398 e. The number of anilines is 1. The molecule has 1 rings (SSSR count). The van der Waals surface area contributed by atoms with Crippen molar-refractivity contribution in [2.24, 2.45) is 0 Å². The second-order valence-corrected chi connectivity index (χ2v) is 3.98. The lowest BCUT2D eigenvalue weighted by atomic mass is 10.3. The molecule has 0 aliphatic carbocycles. The molecular weight excluding hydrogens is 248 g/mol. The lowest BCUT2D eigenvalue weighted by Crippen LogP contribution is -2.26. The van der Waals surface area contributed by atoms with Crippen LogP contribution in [0.3, 0.4) is 0 Å². The third-order valence-corrected chi connectivity index (χ3v) is 2.49. The number of halogens is 1. The first-order valence-electron chi connectivity index (χ1n) is 4.23. The fourth-order valence-electron chi connectivity index (χ4n) is 1.11. The Morgan fingerprint density at radius 2 is 2.36 bits per heavy atom. The molecule has 78 valence electrons. The summed E-state index contributed by atoms with van der Waals surface area (Å²) in [6.45, 7) is 2.39. The molecule has 0 saturated carbocycles. The molecule has 1 heterocycles. The zero-order valence-electron chi connectivity index (χ0n) is 8.16. The van der Waals surface area contributed by atoms with Gasteiger partial charge in [0.2, 0.25) is 0 Å². The fraction of sp³-hybridized carbons (Fsp3) is 0.444. The highest BCUT2D eigenvalue weighted by Crippen LogP contribution is 2.08. The first-order valence-corrected chi connectivity index (χ1v) is 5.02.